The Bertz CT molecular complexity index is 407. The summed E-state index contributed by atoms with van der Waals surface area (Å²) in [4.78, 5) is 0. The lowest BCUT2D eigenvalue weighted by molar-refractivity contribution is 0.321. The van der Waals surface area contributed by atoms with Crippen molar-refractivity contribution < 1.29 is 5.21 Å². The first kappa shape index (κ1) is 14.9. The van der Waals surface area contributed by atoms with Crippen LogP contribution in [0, 0.1) is 0 Å². The molecule has 0 amide bonds. The Morgan fingerprint density at radius 3 is 2.24 bits per heavy atom. The standard InChI is InChI=1S/C15H19NO/c1-5-13(2)8-6-9-14(3)10-7-11-15(4)12-16-17/h5-12,17H,1-2H2,3-4H3/b8-6+,10-7+,14-9+,15-11+,16-12+. The van der Waals surface area contributed by atoms with Gasteiger partial charge in [-0.05, 0) is 25.0 Å². The molecule has 2 heteroatoms. The molecule has 1 N–H and O–H groups in total. The van der Waals surface area contributed by atoms with E-state index in [1.165, 1.54) is 6.21 Å². The Morgan fingerprint density at radius 2 is 1.65 bits per heavy atom. The van der Waals surface area contributed by atoms with Crippen LogP contribution >= 0.6 is 0 Å². The van der Waals surface area contributed by atoms with Gasteiger partial charge in [0.1, 0.15) is 0 Å². The van der Waals surface area contributed by atoms with E-state index in [1.807, 2.05) is 50.3 Å². The predicted molar refractivity (Wildman–Crippen MR) is 75.4 cm³/mol. The van der Waals surface area contributed by atoms with Crippen molar-refractivity contribution in [2.24, 2.45) is 5.16 Å². The first-order valence-electron chi connectivity index (χ1n) is 5.29. The van der Waals surface area contributed by atoms with Gasteiger partial charge in [-0.3, -0.25) is 0 Å². The highest BCUT2D eigenvalue weighted by Gasteiger charge is 1.81. The SMILES string of the molecule is C=CC(=C)/C=C/C=C(C)/C=C/C=C(C)/C=N/O. The molecule has 0 saturated carbocycles. The lowest BCUT2D eigenvalue weighted by Crippen LogP contribution is -1.75. The van der Waals surface area contributed by atoms with Gasteiger partial charge < -0.3 is 5.21 Å². The third-order valence-corrected chi connectivity index (χ3v) is 1.91. The van der Waals surface area contributed by atoms with E-state index in [2.05, 4.69) is 18.3 Å². The molecule has 0 radical (unpaired) electrons. The molecule has 0 unspecified atom stereocenters. The summed E-state index contributed by atoms with van der Waals surface area (Å²) in [6.45, 7) is 11.3. The Balaban J connectivity index is 4.39. The Kier molecular flexibility index (Phi) is 8.03. The second-order valence-electron chi connectivity index (χ2n) is 3.56. The summed E-state index contributed by atoms with van der Waals surface area (Å²) in [5.41, 5.74) is 2.88. The minimum Gasteiger partial charge on any atom is -0.411 e. The molecule has 17 heavy (non-hydrogen) atoms. The fourth-order valence-corrected chi connectivity index (χ4v) is 0.933. The summed E-state index contributed by atoms with van der Waals surface area (Å²) in [5.74, 6) is 0. The molecule has 0 aliphatic carbocycles. The molecule has 0 atom stereocenters. The zero-order chi connectivity index (χ0) is 13.1. The highest BCUT2D eigenvalue weighted by atomic mass is 16.4. The smallest absolute Gasteiger partial charge is 0.0690 e. The van der Waals surface area contributed by atoms with Gasteiger partial charge in [0.15, 0.2) is 0 Å². The molecule has 0 bridgehead atoms. The number of nitrogens with zero attached hydrogens (tertiary/aromatic N) is 1. The van der Waals surface area contributed by atoms with Crippen LogP contribution in [0.2, 0.25) is 0 Å². The van der Waals surface area contributed by atoms with E-state index < -0.39 is 0 Å². The van der Waals surface area contributed by atoms with Crippen LogP contribution in [0.3, 0.4) is 0 Å². The van der Waals surface area contributed by atoms with E-state index in [4.69, 9.17) is 5.21 Å². The quantitative estimate of drug-likeness (QED) is 0.315. The summed E-state index contributed by atoms with van der Waals surface area (Å²) >= 11 is 0. The predicted octanol–water partition coefficient (Wildman–Crippen LogP) is 4.19. The van der Waals surface area contributed by atoms with Gasteiger partial charge >= 0.3 is 0 Å². The van der Waals surface area contributed by atoms with Crippen LogP contribution in [0.5, 0.6) is 0 Å². The molecule has 0 rings (SSSR count). The van der Waals surface area contributed by atoms with Crippen LogP contribution in [0.25, 0.3) is 0 Å². The molecule has 90 valence electrons. The molecule has 0 saturated heterocycles. The lowest BCUT2D eigenvalue weighted by Gasteiger charge is -1.89. The van der Waals surface area contributed by atoms with Crippen LogP contribution in [-0.2, 0) is 0 Å². The first-order valence-corrected chi connectivity index (χ1v) is 5.29. The van der Waals surface area contributed by atoms with E-state index in [0.29, 0.717) is 0 Å². The van der Waals surface area contributed by atoms with Crippen LogP contribution in [0.1, 0.15) is 13.8 Å². The van der Waals surface area contributed by atoms with E-state index in [9.17, 15) is 0 Å². The maximum atomic E-state index is 8.30. The van der Waals surface area contributed by atoms with E-state index >= 15 is 0 Å². The van der Waals surface area contributed by atoms with Gasteiger partial charge in [-0.15, -0.1) is 0 Å². The van der Waals surface area contributed by atoms with Crippen LogP contribution in [0.4, 0.5) is 0 Å². The fraction of sp³-hybridized carbons (Fsp3) is 0.133. The molecule has 0 aromatic heterocycles. The zero-order valence-corrected chi connectivity index (χ0v) is 10.4. The Labute approximate surface area is 103 Å². The second-order valence-corrected chi connectivity index (χ2v) is 3.56. The lowest BCUT2D eigenvalue weighted by atomic mass is 10.2. The molecule has 0 heterocycles. The van der Waals surface area contributed by atoms with Crippen molar-refractivity contribution in [3.05, 3.63) is 72.4 Å². The number of hydrogen-bond acceptors (Lipinski definition) is 2. The molecular formula is C15H19NO. The van der Waals surface area contributed by atoms with Gasteiger partial charge in [-0.1, -0.05) is 66.4 Å². The van der Waals surface area contributed by atoms with E-state index in [-0.39, 0.29) is 0 Å². The molecule has 0 aliphatic heterocycles. The normalized spacial score (nSPS) is 14.0. The topological polar surface area (TPSA) is 32.6 Å². The van der Waals surface area contributed by atoms with Gasteiger partial charge in [0.05, 0.1) is 6.21 Å². The zero-order valence-electron chi connectivity index (χ0n) is 10.4. The van der Waals surface area contributed by atoms with Crippen molar-refractivity contribution in [2.45, 2.75) is 13.8 Å². The molecule has 0 aromatic carbocycles. The van der Waals surface area contributed by atoms with Crippen molar-refractivity contribution in [1.82, 2.24) is 0 Å². The molecule has 0 aromatic rings. The summed E-state index contributed by atoms with van der Waals surface area (Å²) < 4.78 is 0. The van der Waals surface area contributed by atoms with Crippen LogP contribution < -0.4 is 0 Å². The summed E-state index contributed by atoms with van der Waals surface area (Å²) in [5, 5.41) is 11.2. The third-order valence-electron chi connectivity index (χ3n) is 1.91. The van der Waals surface area contributed by atoms with E-state index in [1.54, 1.807) is 6.08 Å². The summed E-state index contributed by atoms with van der Waals surface area (Å²) in [7, 11) is 0. The Hall–Kier alpha value is -2.09. The number of allylic oxidation sites excluding steroid dienone is 10. The maximum Gasteiger partial charge on any atom is 0.0690 e. The third kappa shape index (κ3) is 8.88. The van der Waals surface area contributed by atoms with E-state index in [0.717, 1.165) is 16.7 Å². The maximum absolute atomic E-state index is 8.30. The molecular weight excluding hydrogens is 210 g/mol. The average molecular weight is 229 g/mol. The fourth-order valence-electron chi connectivity index (χ4n) is 0.933. The summed E-state index contributed by atoms with van der Waals surface area (Å²) in [6.07, 6.45) is 14.6. The number of hydrogen-bond donors (Lipinski definition) is 1. The molecule has 0 spiro atoms. The van der Waals surface area contributed by atoms with Crippen molar-refractivity contribution >= 4 is 6.21 Å². The van der Waals surface area contributed by atoms with Gasteiger partial charge in [0.2, 0.25) is 0 Å². The highest BCUT2D eigenvalue weighted by molar-refractivity contribution is 5.77. The first-order chi connectivity index (χ1) is 8.10. The molecule has 0 fully saturated rings. The second kappa shape index (κ2) is 9.16. The highest BCUT2D eigenvalue weighted by Crippen LogP contribution is 1.99. The molecule has 0 aliphatic rings. The van der Waals surface area contributed by atoms with Gasteiger partial charge in [0, 0.05) is 0 Å². The molecule has 2 nitrogen and oxygen atoms in total. The number of rotatable bonds is 6. The van der Waals surface area contributed by atoms with Gasteiger partial charge in [-0.25, -0.2) is 0 Å². The van der Waals surface area contributed by atoms with Gasteiger partial charge in [0.25, 0.3) is 0 Å². The average Bonchev–Trinajstić information content (AvgIpc) is 2.29. The van der Waals surface area contributed by atoms with Crippen molar-refractivity contribution in [1.29, 1.82) is 0 Å². The Morgan fingerprint density at radius 1 is 1.06 bits per heavy atom. The van der Waals surface area contributed by atoms with Crippen LogP contribution in [0.15, 0.2) is 77.6 Å². The van der Waals surface area contributed by atoms with Gasteiger partial charge in [-0.2, -0.15) is 0 Å². The van der Waals surface area contributed by atoms with Crippen LogP contribution in [-0.4, -0.2) is 11.4 Å². The number of oxime groups is 1. The summed E-state index contributed by atoms with van der Waals surface area (Å²) in [6, 6.07) is 0. The minimum atomic E-state index is 0.882. The monoisotopic (exact) mass is 229 g/mol. The van der Waals surface area contributed by atoms with Crippen molar-refractivity contribution in [3.8, 4) is 0 Å². The van der Waals surface area contributed by atoms with Crippen molar-refractivity contribution in [2.75, 3.05) is 0 Å². The van der Waals surface area contributed by atoms with Crippen molar-refractivity contribution in [3.63, 3.8) is 0 Å². The largest absolute Gasteiger partial charge is 0.411 e. The minimum absolute atomic E-state index is 0.882.